The molecule has 8 heteroatoms. The molecule has 0 amide bonds. The smallest absolute Gasteiger partial charge is 0.194 e. The number of piperidine rings is 1. The van der Waals surface area contributed by atoms with Crippen LogP contribution in [0.4, 0.5) is 0 Å². The van der Waals surface area contributed by atoms with Crippen LogP contribution in [0.1, 0.15) is 24.4 Å². The van der Waals surface area contributed by atoms with Gasteiger partial charge in [0.05, 0.1) is 18.8 Å². The maximum Gasteiger partial charge on any atom is 0.194 e. The first-order chi connectivity index (χ1) is 11.8. The van der Waals surface area contributed by atoms with Crippen molar-refractivity contribution in [3.05, 3.63) is 47.2 Å². The molecule has 134 valence electrons. The summed E-state index contributed by atoms with van der Waals surface area (Å²) in [4.78, 5) is 7.08. The Bertz CT molecular complexity index is 694. The van der Waals surface area contributed by atoms with Crippen molar-refractivity contribution in [2.24, 2.45) is 10.9 Å². The molecule has 1 fully saturated rings. The van der Waals surface area contributed by atoms with Gasteiger partial charge in [-0.05, 0) is 36.5 Å². The topological polar surface area (TPSA) is 58.3 Å². The van der Waals surface area contributed by atoms with Gasteiger partial charge in [0.2, 0.25) is 0 Å². The number of aromatic nitrogens is 3. The lowest BCUT2D eigenvalue weighted by Crippen LogP contribution is -2.44. The minimum absolute atomic E-state index is 0. The van der Waals surface area contributed by atoms with Crippen molar-refractivity contribution in [3.63, 3.8) is 0 Å². The first-order valence-electron chi connectivity index (χ1n) is 8.43. The lowest BCUT2D eigenvalue weighted by molar-refractivity contribution is 0.235. The molecular weight excluding hydrogens is 451 g/mol. The van der Waals surface area contributed by atoms with Crippen molar-refractivity contribution >= 4 is 41.5 Å². The fourth-order valence-corrected chi connectivity index (χ4v) is 3.55. The van der Waals surface area contributed by atoms with Gasteiger partial charge in [-0.25, -0.2) is 0 Å². The Morgan fingerprint density at radius 1 is 1.16 bits per heavy atom. The molecular formula is C17H22ClIN6. The van der Waals surface area contributed by atoms with E-state index in [0.29, 0.717) is 5.92 Å². The molecule has 0 spiro atoms. The van der Waals surface area contributed by atoms with E-state index in [-0.39, 0.29) is 30.0 Å². The second-order valence-electron chi connectivity index (χ2n) is 6.47. The van der Waals surface area contributed by atoms with Crippen LogP contribution in [0.15, 0.2) is 41.7 Å². The number of hydrogen-bond donors (Lipinski definition) is 1. The van der Waals surface area contributed by atoms with E-state index in [1.54, 1.807) is 6.20 Å². The van der Waals surface area contributed by atoms with Crippen LogP contribution < -0.4 is 5.32 Å². The Morgan fingerprint density at radius 2 is 1.92 bits per heavy atom. The van der Waals surface area contributed by atoms with Gasteiger partial charge in [0, 0.05) is 30.9 Å². The van der Waals surface area contributed by atoms with E-state index in [2.05, 4.69) is 32.7 Å². The summed E-state index contributed by atoms with van der Waals surface area (Å²) in [5.74, 6) is 1.70. The van der Waals surface area contributed by atoms with Crippen LogP contribution in [-0.4, -0.2) is 45.5 Å². The maximum atomic E-state index is 5.97. The van der Waals surface area contributed by atoms with E-state index in [9.17, 15) is 0 Å². The van der Waals surface area contributed by atoms with Crippen LogP contribution >= 0.6 is 35.6 Å². The van der Waals surface area contributed by atoms with E-state index in [0.717, 1.165) is 50.0 Å². The molecule has 25 heavy (non-hydrogen) atoms. The Hall–Kier alpha value is -1.35. The monoisotopic (exact) mass is 472 g/mol. The number of guanidine groups is 1. The third-order valence-electron chi connectivity index (χ3n) is 4.83. The van der Waals surface area contributed by atoms with Gasteiger partial charge < -0.3 is 10.2 Å². The average molecular weight is 473 g/mol. The minimum Gasteiger partial charge on any atom is -0.348 e. The van der Waals surface area contributed by atoms with Crippen molar-refractivity contribution in [2.75, 3.05) is 19.6 Å². The fraction of sp³-hybridized carbons (Fsp3) is 0.471. The highest BCUT2D eigenvalue weighted by molar-refractivity contribution is 14.0. The number of nitrogens with zero attached hydrogens (tertiary/aromatic N) is 5. The lowest BCUT2D eigenvalue weighted by Gasteiger charge is -2.33. The molecule has 1 aromatic carbocycles. The normalized spacial score (nSPS) is 20.8. The highest BCUT2D eigenvalue weighted by Crippen LogP contribution is 2.23. The van der Waals surface area contributed by atoms with Crippen LogP contribution in [0, 0.1) is 5.92 Å². The van der Waals surface area contributed by atoms with Crippen molar-refractivity contribution in [1.29, 1.82) is 0 Å². The largest absolute Gasteiger partial charge is 0.348 e. The molecule has 1 saturated heterocycles. The van der Waals surface area contributed by atoms with Gasteiger partial charge in [-0.2, -0.15) is 0 Å². The summed E-state index contributed by atoms with van der Waals surface area (Å²) >= 11 is 5.97. The van der Waals surface area contributed by atoms with Crippen molar-refractivity contribution in [1.82, 2.24) is 25.2 Å². The van der Waals surface area contributed by atoms with Crippen molar-refractivity contribution < 1.29 is 0 Å². The van der Waals surface area contributed by atoms with Gasteiger partial charge in [-0.1, -0.05) is 28.9 Å². The summed E-state index contributed by atoms with van der Waals surface area (Å²) in [5.41, 5.74) is 1.24. The quantitative estimate of drug-likeness (QED) is 0.698. The Morgan fingerprint density at radius 3 is 2.60 bits per heavy atom. The van der Waals surface area contributed by atoms with E-state index in [4.69, 9.17) is 16.6 Å². The fourth-order valence-electron chi connectivity index (χ4n) is 3.42. The van der Waals surface area contributed by atoms with Gasteiger partial charge in [-0.3, -0.25) is 9.67 Å². The van der Waals surface area contributed by atoms with Crippen molar-refractivity contribution in [2.45, 2.75) is 25.4 Å². The van der Waals surface area contributed by atoms with E-state index in [1.165, 1.54) is 5.56 Å². The lowest BCUT2D eigenvalue weighted by atomic mass is 9.97. The molecule has 1 N–H and O–H groups in total. The Kier molecular flexibility index (Phi) is 6.16. The van der Waals surface area contributed by atoms with Crippen LogP contribution in [0.2, 0.25) is 5.02 Å². The molecule has 1 unspecified atom stereocenters. The molecule has 2 aromatic rings. The highest BCUT2D eigenvalue weighted by atomic mass is 127. The number of rotatable bonds is 3. The average Bonchev–Trinajstić information content (AvgIpc) is 3.28. The zero-order valence-corrected chi connectivity index (χ0v) is 17.0. The third-order valence-corrected chi connectivity index (χ3v) is 5.08. The van der Waals surface area contributed by atoms with E-state index < -0.39 is 0 Å². The zero-order chi connectivity index (χ0) is 16.4. The van der Waals surface area contributed by atoms with Crippen LogP contribution in [0.3, 0.4) is 0 Å². The van der Waals surface area contributed by atoms with Gasteiger partial charge in [-0.15, -0.1) is 29.1 Å². The molecule has 1 aromatic heterocycles. The van der Waals surface area contributed by atoms with E-state index >= 15 is 0 Å². The van der Waals surface area contributed by atoms with Gasteiger partial charge in [0.25, 0.3) is 0 Å². The predicted molar refractivity (Wildman–Crippen MR) is 109 cm³/mol. The van der Waals surface area contributed by atoms with Crippen LogP contribution in [0.25, 0.3) is 0 Å². The zero-order valence-electron chi connectivity index (χ0n) is 13.9. The van der Waals surface area contributed by atoms with Gasteiger partial charge >= 0.3 is 0 Å². The number of nitrogens with one attached hydrogen (secondary N) is 1. The number of halogens is 2. The third kappa shape index (κ3) is 4.44. The summed E-state index contributed by atoms with van der Waals surface area (Å²) in [6.45, 7) is 3.83. The van der Waals surface area contributed by atoms with Crippen LogP contribution in [0.5, 0.6) is 0 Å². The Balaban J connectivity index is 0.00000182. The first kappa shape index (κ1) is 18.4. The SMILES string of the molecule is Clc1ccc(C2CN=C(N3CCC(Cn4ccnn4)CC3)N2)cc1.I. The Labute approximate surface area is 169 Å². The summed E-state index contributed by atoms with van der Waals surface area (Å²) in [6, 6.07) is 8.27. The van der Waals surface area contributed by atoms with Gasteiger partial charge in [0.1, 0.15) is 0 Å². The van der Waals surface area contributed by atoms with Crippen LogP contribution in [-0.2, 0) is 6.54 Å². The standard InChI is InChI=1S/C17H21ClN6.HI/c18-15-3-1-14(2-4-15)16-11-19-17(21-16)23-8-5-13(6-9-23)12-24-10-7-20-22-24;/h1-4,7,10,13,16H,5-6,8-9,11-12H2,(H,19,21);1H. The second-order valence-corrected chi connectivity index (χ2v) is 6.90. The molecule has 0 bridgehead atoms. The molecule has 1 atom stereocenters. The molecule has 2 aliphatic rings. The summed E-state index contributed by atoms with van der Waals surface area (Å²) in [5, 5.41) is 12.3. The molecule has 6 nitrogen and oxygen atoms in total. The number of likely N-dealkylation sites (tertiary alicyclic amines) is 1. The first-order valence-corrected chi connectivity index (χ1v) is 8.81. The second kappa shape index (κ2) is 8.35. The molecule has 0 aliphatic carbocycles. The number of benzene rings is 1. The number of hydrogen-bond acceptors (Lipinski definition) is 5. The number of aliphatic imine (C=N–C) groups is 1. The molecule has 4 rings (SSSR count). The molecule has 0 saturated carbocycles. The molecule has 3 heterocycles. The summed E-state index contributed by atoms with van der Waals surface area (Å²) in [6.07, 6.45) is 5.99. The highest BCUT2D eigenvalue weighted by Gasteiger charge is 2.27. The van der Waals surface area contributed by atoms with E-state index in [1.807, 2.05) is 23.0 Å². The molecule has 0 radical (unpaired) electrons. The summed E-state index contributed by atoms with van der Waals surface area (Å²) < 4.78 is 1.93. The maximum absolute atomic E-state index is 5.97. The summed E-state index contributed by atoms with van der Waals surface area (Å²) in [7, 11) is 0. The predicted octanol–water partition coefficient (Wildman–Crippen LogP) is 2.96. The molecule has 2 aliphatic heterocycles. The van der Waals surface area contributed by atoms with Gasteiger partial charge in [0.15, 0.2) is 5.96 Å². The van der Waals surface area contributed by atoms with Crippen molar-refractivity contribution in [3.8, 4) is 0 Å². The minimum atomic E-state index is 0.